The van der Waals surface area contributed by atoms with E-state index in [0.717, 1.165) is 17.2 Å². The van der Waals surface area contributed by atoms with Crippen molar-refractivity contribution in [1.82, 2.24) is 10.2 Å². The number of carbonyl (C=O) groups is 1. The molecule has 3 aliphatic heterocycles. The summed E-state index contributed by atoms with van der Waals surface area (Å²) in [6.07, 6.45) is 4.07. The first kappa shape index (κ1) is 15.4. The van der Waals surface area contributed by atoms with Gasteiger partial charge < -0.3 is 15.0 Å². The average Bonchev–Trinajstić information content (AvgIpc) is 2.56. The lowest BCUT2D eigenvalue weighted by atomic mass is 9.84. The molecule has 1 amide bonds. The number of methoxy groups -OCH3 is 1. The molecule has 0 radical (unpaired) electrons. The number of thioether (sulfide) groups is 1. The Hall–Kier alpha value is -1.46. The van der Waals surface area contributed by atoms with Crippen LogP contribution in [0.1, 0.15) is 12.8 Å². The molecule has 1 unspecified atom stereocenters. The lowest BCUT2D eigenvalue weighted by molar-refractivity contribution is -0.118. The number of carbonyl (C=O) groups excluding carboxylic acids is 1. The van der Waals surface area contributed by atoms with Crippen molar-refractivity contribution in [3.05, 3.63) is 35.7 Å². The highest BCUT2D eigenvalue weighted by atomic mass is 32.2. The van der Waals surface area contributed by atoms with Gasteiger partial charge in [-0.15, -0.1) is 0 Å². The van der Waals surface area contributed by atoms with Gasteiger partial charge in [-0.2, -0.15) is 0 Å². The fraction of sp³-hybridized carbons (Fsp3) is 0.471. The van der Waals surface area contributed by atoms with Gasteiger partial charge in [0, 0.05) is 23.6 Å². The standard InChI is InChI=1S/C17H22N2O2S/c1-21-14-2-4-15(5-3-14)22-11-8-17(20)18-16-12-19-9-6-13(16)7-10-19/h2-5,8,11,13,16H,6-7,9-10,12H2,1H3,(H,18,20)/b11-8-. The van der Waals surface area contributed by atoms with Gasteiger partial charge in [0.25, 0.3) is 0 Å². The number of benzene rings is 1. The average molecular weight is 318 g/mol. The van der Waals surface area contributed by atoms with E-state index in [1.165, 1.54) is 37.7 Å². The van der Waals surface area contributed by atoms with E-state index in [2.05, 4.69) is 10.2 Å². The van der Waals surface area contributed by atoms with Gasteiger partial charge in [-0.25, -0.2) is 0 Å². The second-order valence-electron chi connectivity index (χ2n) is 5.85. The second-order valence-corrected chi connectivity index (χ2v) is 6.83. The van der Waals surface area contributed by atoms with Crippen LogP contribution < -0.4 is 10.1 Å². The number of rotatable bonds is 5. The molecule has 0 aliphatic carbocycles. The van der Waals surface area contributed by atoms with Crippen LogP contribution in [-0.2, 0) is 4.79 Å². The zero-order chi connectivity index (χ0) is 15.4. The molecule has 3 aliphatic rings. The maximum absolute atomic E-state index is 12.0. The minimum atomic E-state index is 0.0137. The molecule has 3 heterocycles. The van der Waals surface area contributed by atoms with Crippen molar-refractivity contribution < 1.29 is 9.53 Å². The van der Waals surface area contributed by atoms with Crippen molar-refractivity contribution in [3.8, 4) is 5.75 Å². The predicted molar refractivity (Wildman–Crippen MR) is 89.1 cm³/mol. The molecule has 2 bridgehead atoms. The maximum Gasteiger partial charge on any atom is 0.244 e. The molecule has 22 heavy (non-hydrogen) atoms. The molecule has 3 saturated heterocycles. The third-order valence-electron chi connectivity index (χ3n) is 4.47. The topological polar surface area (TPSA) is 41.6 Å². The van der Waals surface area contributed by atoms with Crippen LogP contribution in [0.3, 0.4) is 0 Å². The second kappa shape index (κ2) is 7.20. The van der Waals surface area contributed by atoms with E-state index in [9.17, 15) is 4.79 Å². The van der Waals surface area contributed by atoms with Gasteiger partial charge in [-0.05, 0) is 61.5 Å². The fourth-order valence-corrected chi connectivity index (χ4v) is 3.83. The zero-order valence-electron chi connectivity index (χ0n) is 12.8. The van der Waals surface area contributed by atoms with Crippen LogP contribution in [0.2, 0.25) is 0 Å². The van der Waals surface area contributed by atoms with Crippen LogP contribution in [0.15, 0.2) is 40.6 Å². The van der Waals surface area contributed by atoms with E-state index in [0.29, 0.717) is 12.0 Å². The van der Waals surface area contributed by atoms with Crippen LogP contribution >= 0.6 is 11.8 Å². The SMILES string of the molecule is COc1ccc(S/C=C\C(=O)NC2CN3CCC2CC3)cc1. The smallest absolute Gasteiger partial charge is 0.244 e. The molecule has 4 rings (SSSR count). The Bertz CT molecular complexity index is 536. The molecule has 1 atom stereocenters. The summed E-state index contributed by atoms with van der Waals surface area (Å²) in [4.78, 5) is 15.6. The Morgan fingerprint density at radius 1 is 1.32 bits per heavy atom. The number of amides is 1. The summed E-state index contributed by atoms with van der Waals surface area (Å²) in [5, 5.41) is 5.00. The molecule has 3 fully saturated rings. The maximum atomic E-state index is 12.0. The normalized spacial score (nSPS) is 27.0. The van der Waals surface area contributed by atoms with E-state index in [4.69, 9.17) is 4.74 Å². The zero-order valence-corrected chi connectivity index (χ0v) is 13.6. The first-order valence-electron chi connectivity index (χ1n) is 7.75. The van der Waals surface area contributed by atoms with Crippen molar-refractivity contribution in [1.29, 1.82) is 0 Å². The van der Waals surface area contributed by atoms with Gasteiger partial charge >= 0.3 is 0 Å². The number of hydrogen-bond donors (Lipinski definition) is 1. The van der Waals surface area contributed by atoms with E-state index in [1.54, 1.807) is 13.2 Å². The van der Waals surface area contributed by atoms with E-state index >= 15 is 0 Å². The Labute approximate surface area is 135 Å². The van der Waals surface area contributed by atoms with Crippen molar-refractivity contribution in [3.63, 3.8) is 0 Å². The molecule has 5 heteroatoms. The highest BCUT2D eigenvalue weighted by Gasteiger charge is 2.34. The molecule has 1 aromatic rings. The van der Waals surface area contributed by atoms with Gasteiger partial charge in [0.2, 0.25) is 5.91 Å². The largest absolute Gasteiger partial charge is 0.497 e. The molecule has 0 aromatic heterocycles. The van der Waals surface area contributed by atoms with Gasteiger partial charge in [-0.1, -0.05) is 11.8 Å². The minimum Gasteiger partial charge on any atom is -0.497 e. The summed E-state index contributed by atoms with van der Waals surface area (Å²) in [7, 11) is 1.65. The summed E-state index contributed by atoms with van der Waals surface area (Å²) in [5.74, 6) is 1.52. The third-order valence-corrected chi connectivity index (χ3v) is 5.28. The van der Waals surface area contributed by atoms with Crippen molar-refractivity contribution in [2.75, 3.05) is 26.7 Å². The van der Waals surface area contributed by atoms with E-state index < -0.39 is 0 Å². The summed E-state index contributed by atoms with van der Waals surface area (Å²) < 4.78 is 5.13. The van der Waals surface area contributed by atoms with Gasteiger partial charge in [0.05, 0.1) is 7.11 Å². The number of hydrogen-bond acceptors (Lipinski definition) is 4. The number of nitrogens with one attached hydrogen (secondary N) is 1. The predicted octanol–water partition coefficient (Wildman–Crippen LogP) is 2.51. The molecule has 4 nitrogen and oxygen atoms in total. The molecule has 1 aromatic carbocycles. The van der Waals surface area contributed by atoms with Crippen LogP contribution in [-0.4, -0.2) is 43.6 Å². The van der Waals surface area contributed by atoms with E-state index in [1.807, 2.05) is 29.7 Å². The molecular formula is C17H22N2O2S. The van der Waals surface area contributed by atoms with E-state index in [-0.39, 0.29) is 5.91 Å². The Balaban J connectivity index is 1.46. The monoisotopic (exact) mass is 318 g/mol. The van der Waals surface area contributed by atoms with Crippen LogP contribution in [0.25, 0.3) is 0 Å². The first-order chi connectivity index (χ1) is 10.7. The van der Waals surface area contributed by atoms with Crippen LogP contribution in [0, 0.1) is 5.92 Å². The summed E-state index contributed by atoms with van der Waals surface area (Å²) in [6.45, 7) is 3.40. The number of ether oxygens (including phenoxy) is 1. The Morgan fingerprint density at radius 3 is 2.64 bits per heavy atom. The van der Waals surface area contributed by atoms with Crippen molar-refractivity contribution in [2.24, 2.45) is 5.92 Å². The lowest BCUT2D eigenvalue weighted by Gasteiger charge is -2.44. The Kier molecular flexibility index (Phi) is 5.05. The highest BCUT2D eigenvalue weighted by molar-refractivity contribution is 8.02. The quantitative estimate of drug-likeness (QED) is 0.669. The number of fused-ring (bicyclic) bond motifs is 3. The van der Waals surface area contributed by atoms with Crippen LogP contribution in [0.4, 0.5) is 0 Å². The molecule has 118 valence electrons. The van der Waals surface area contributed by atoms with Crippen LogP contribution in [0.5, 0.6) is 5.75 Å². The summed E-state index contributed by atoms with van der Waals surface area (Å²) in [6, 6.07) is 8.14. The summed E-state index contributed by atoms with van der Waals surface area (Å²) >= 11 is 1.54. The fourth-order valence-electron chi connectivity index (χ4n) is 3.19. The van der Waals surface area contributed by atoms with Gasteiger partial charge in [0.15, 0.2) is 0 Å². The molecule has 0 spiro atoms. The lowest BCUT2D eigenvalue weighted by Crippen LogP contribution is -2.57. The third kappa shape index (κ3) is 3.84. The number of piperidine rings is 3. The van der Waals surface area contributed by atoms with Gasteiger partial charge in [-0.3, -0.25) is 4.79 Å². The summed E-state index contributed by atoms with van der Waals surface area (Å²) in [5.41, 5.74) is 0. The molecule has 0 saturated carbocycles. The van der Waals surface area contributed by atoms with Crippen molar-refractivity contribution in [2.45, 2.75) is 23.8 Å². The minimum absolute atomic E-state index is 0.0137. The first-order valence-corrected chi connectivity index (χ1v) is 8.62. The van der Waals surface area contributed by atoms with Crippen molar-refractivity contribution >= 4 is 17.7 Å². The molecule has 1 N–H and O–H groups in total. The van der Waals surface area contributed by atoms with Gasteiger partial charge in [0.1, 0.15) is 5.75 Å². The highest BCUT2D eigenvalue weighted by Crippen LogP contribution is 2.27. The number of nitrogens with zero attached hydrogens (tertiary/aromatic N) is 1. The Morgan fingerprint density at radius 2 is 2.05 bits per heavy atom. The molecular weight excluding hydrogens is 296 g/mol.